The maximum atomic E-state index is 13.3. The molecule has 150 valence electrons. The second-order valence-corrected chi connectivity index (χ2v) is 7.44. The Balaban J connectivity index is 1.61. The second-order valence-electron chi connectivity index (χ2n) is 6.63. The van der Waals surface area contributed by atoms with Crippen LogP contribution >= 0.6 is 23.2 Å². The normalized spacial score (nSPS) is 13.9. The van der Waals surface area contributed by atoms with Gasteiger partial charge in [0.05, 0.1) is 21.2 Å². The van der Waals surface area contributed by atoms with Crippen molar-refractivity contribution in [3.05, 3.63) is 98.5 Å². The number of halogens is 3. The van der Waals surface area contributed by atoms with Crippen molar-refractivity contribution >= 4 is 41.0 Å². The molecule has 0 fully saturated rings. The fraction of sp³-hybridized carbons (Fsp3) is 0.0435. The van der Waals surface area contributed by atoms with Crippen LogP contribution in [0.1, 0.15) is 31.8 Å². The molecule has 1 aliphatic rings. The molecule has 30 heavy (non-hydrogen) atoms. The van der Waals surface area contributed by atoms with E-state index in [4.69, 9.17) is 32.7 Å². The van der Waals surface area contributed by atoms with Crippen LogP contribution in [0.5, 0.6) is 11.5 Å². The minimum atomic E-state index is -0.718. The van der Waals surface area contributed by atoms with Crippen LogP contribution in [0.15, 0.2) is 60.4 Å². The largest absolute Gasteiger partial charge is 0.452 e. The lowest BCUT2D eigenvalue weighted by Gasteiger charge is -2.08. The summed E-state index contributed by atoms with van der Waals surface area (Å²) in [6, 6.07) is 13.1. The molecular weight excluding hydrogens is 430 g/mol. The van der Waals surface area contributed by atoms with E-state index in [0.29, 0.717) is 26.7 Å². The number of allylic oxidation sites excluding steroid dienone is 1. The molecule has 0 saturated heterocycles. The maximum absolute atomic E-state index is 13.3. The molecule has 0 radical (unpaired) electrons. The van der Waals surface area contributed by atoms with Gasteiger partial charge < -0.3 is 9.47 Å². The van der Waals surface area contributed by atoms with Gasteiger partial charge in [0.25, 0.3) is 0 Å². The number of fused-ring (bicyclic) bond motifs is 1. The highest BCUT2D eigenvalue weighted by molar-refractivity contribution is 6.42. The van der Waals surface area contributed by atoms with Gasteiger partial charge in [-0.05, 0) is 60.5 Å². The summed E-state index contributed by atoms with van der Waals surface area (Å²) in [6.45, 7) is 1.71. The predicted octanol–water partition coefficient (Wildman–Crippen LogP) is 6.28. The highest BCUT2D eigenvalue weighted by Gasteiger charge is 2.30. The standard InChI is InChI=1S/C23H13Cl2FO4/c1-12-7-16(29-23(28)14-3-2-4-15(26)10-14)11-19-21(12)22(27)20(30-19)9-13-5-6-17(24)18(25)8-13/h2-11H,1H3/b20-9-. The fourth-order valence-electron chi connectivity index (χ4n) is 3.07. The van der Waals surface area contributed by atoms with Crippen molar-refractivity contribution < 1.29 is 23.5 Å². The molecule has 0 unspecified atom stereocenters. The molecule has 0 N–H and O–H groups in total. The molecular formula is C23H13Cl2FO4. The van der Waals surface area contributed by atoms with Crippen LogP contribution in [0, 0.1) is 12.7 Å². The van der Waals surface area contributed by atoms with Crippen molar-refractivity contribution in [3.8, 4) is 11.5 Å². The van der Waals surface area contributed by atoms with Crippen LogP contribution in [0.25, 0.3) is 6.08 Å². The van der Waals surface area contributed by atoms with Gasteiger partial charge in [0, 0.05) is 6.07 Å². The van der Waals surface area contributed by atoms with Crippen molar-refractivity contribution in [2.24, 2.45) is 0 Å². The van der Waals surface area contributed by atoms with E-state index in [1.165, 1.54) is 24.3 Å². The molecule has 4 nitrogen and oxygen atoms in total. The highest BCUT2D eigenvalue weighted by atomic mass is 35.5. The van der Waals surface area contributed by atoms with Crippen molar-refractivity contribution in [2.75, 3.05) is 0 Å². The lowest BCUT2D eigenvalue weighted by molar-refractivity contribution is 0.0734. The number of benzene rings is 3. The summed E-state index contributed by atoms with van der Waals surface area (Å²) in [6.07, 6.45) is 1.56. The van der Waals surface area contributed by atoms with Crippen LogP contribution in [0.3, 0.4) is 0 Å². The van der Waals surface area contributed by atoms with Gasteiger partial charge in [-0.2, -0.15) is 0 Å². The number of carbonyl (C=O) groups excluding carboxylic acids is 2. The van der Waals surface area contributed by atoms with Gasteiger partial charge >= 0.3 is 5.97 Å². The second kappa shape index (κ2) is 7.94. The third kappa shape index (κ3) is 3.95. The van der Waals surface area contributed by atoms with Gasteiger partial charge in [0.1, 0.15) is 17.3 Å². The Labute approximate surface area is 181 Å². The Bertz CT molecular complexity index is 1230. The number of ketones is 1. The molecule has 0 bridgehead atoms. The molecule has 0 atom stereocenters. The first-order chi connectivity index (χ1) is 14.3. The topological polar surface area (TPSA) is 52.6 Å². The SMILES string of the molecule is Cc1cc(OC(=O)c2cccc(F)c2)cc2c1C(=O)/C(=C/c1ccc(Cl)c(Cl)c1)O2. The molecule has 0 spiro atoms. The molecule has 7 heteroatoms. The van der Waals surface area contributed by atoms with Gasteiger partial charge in [0.15, 0.2) is 5.76 Å². The highest BCUT2D eigenvalue weighted by Crippen LogP contribution is 2.38. The van der Waals surface area contributed by atoms with Crippen LogP contribution in [0.2, 0.25) is 10.0 Å². The zero-order valence-electron chi connectivity index (χ0n) is 15.5. The molecule has 1 aliphatic heterocycles. The number of hydrogen-bond acceptors (Lipinski definition) is 4. The summed E-state index contributed by atoms with van der Waals surface area (Å²) in [7, 11) is 0. The summed E-state index contributed by atoms with van der Waals surface area (Å²) in [5.74, 6) is -0.987. The molecule has 0 aliphatic carbocycles. The van der Waals surface area contributed by atoms with Gasteiger partial charge in [-0.1, -0.05) is 35.3 Å². The maximum Gasteiger partial charge on any atom is 0.343 e. The Morgan fingerprint density at radius 1 is 1.07 bits per heavy atom. The first-order valence-corrected chi connectivity index (χ1v) is 9.59. The molecule has 0 aromatic heterocycles. The number of carbonyl (C=O) groups is 2. The molecule has 3 aromatic rings. The van der Waals surface area contributed by atoms with Crippen molar-refractivity contribution in [2.45, 2.75) is 6.92 Å². The van der Waals surface area contributed by atoms with E-state index in [9.17, 15) is 14.0 Å². The van der Waals surface area contributed by atoms with Gasteiger partial charge in [-0.3, -0.25) is 4.79 Å². The summed E-state index contributed by atoms with van der Waals surface area (Å²) < 4.78 is 24.4. The Morgan fingerprint density at radius 3 is 2.60 bits per heavy atom. The molecule has 0 saturated carbocycles. The monoisotopic (exact) mass is 442 g/mol. The third-order valence-electron chi connectivity index (χ3n) is 4.46. The Morgan fingerprint density at radius 2 is 1.87 bits per heavy atom. The van der Waals surface area contributed by atoms with E-state index in [1.54, 1.807) is 37.3 Å². The summed E-state index contributed by atoms with van der Waals surface area (Å²) >= 11 is 11.9. The number of aryl methyl sites for hydroxylation is 1. The number of hydrogen-bond donors (Lipinski definition) is 0. The van der Waals surface area contributed by atoms with E-state index in [2.05, 4.69) is 0 Å². The smallest absolute Gasteiger partial charge is 0.343 e. The average molecular weight is 443 g/mol. The lowest BCUT2D eigenvalue weighted by atomic mass is 10.0. The first kappa shape index (κ1) is 20.1. The number of esters is 1. The van der Waals surface area contributed by atoms with Gasteiger partial charge in [-0.15, -0.1) is 0 Å². The minimum absolute atomic E-state index is 0.0744. The number of rotatable bonds is 3. The van der Waals surface area contributed by atoms with E-state index < -0.39 is 11.8 Å². The van der Waals surface area contributed by atoms with E-state index >= 15 is 0 Å². The van der Waals surface area contributed by atoms with Crippen molar-refractivity contribution in [3.63, 3.8) is 0 Å². The zero-order valence-corrected chi connectivity index (χ0v) is 17.1. The Kier molecular flexibility index (Phi) is 5.33. The summed E-state index contributed by atoms with van der Waals surface area (Å²) in [4.78, 5) is 25.0. The minimum Gasteiger partial charge on any atom is -0.452 e. The third-order valence-corrected chi connectivity index (χ3v) is 5.19. The fourth-order valence-corrected chi connectivity index (χ4v) is 3.38. The Hall–Kier alpha value is -3.15. The molecule has 0 amide bonds. The molecule has 4 rings (SSSR count). The molecule has 3 aromatic carbocycles. The van der Waals surface area contributed by atoms with Crippen LogP contribution in [-0.4, -0.2) is 11.8 Å². The summed E-state index contributed by atoms with van der Waals surface area (Å²) in [5, 5.41) is 0.762. The van der Waals surface area contributed by atoms with Crippen molar-refractivity contribution in [1.29, 1.82) is 0 Å². The average Bonchev–Trinajstić information content (AvgIpc) is 3.00. The van der Waals surface area contributed by atoms with E-state index in [1.807, 2.05) is 0 Å². The van der Waals surface area contributed by atoms with Gasteiger partial charge in [-0.25, -0.2) is 9.18 Å². The van der Waals surface area contributed by atoms with E-state index in [-0.39, 0.29) is 28.6 Å². The van der Waals surface area contributed by atoms with Crippen LogP contribution in [0.4, 0.5) is 4.39 Å². The predicted molar refractivity (Wildman–Crippen MR) is 112 cm³/mol. The van der Waals surface area contributed by atoms with Crippen LogP contribution < -0.4 is 9.47 Å². The van der Waals surface area contributed by atoms with Crippen LogP contribution in [-0.2, 0) is 0 Å². The molecule has 1 heterocycles. The van der Waals surface area contributed by atoms with Gasteiger partial charge in [0.2, 0.25) is 5.78 Å². The first-order valence-electron chi connectivity index (χ1n) is 8.83. The number of ether oxygens (including phenoxy) is 2. The quantitative estimate of drug-likeness (QED) is 0.272. The van der Waals surface area contributed by atoms with Crippen molar-refractivity contribution in [1.82, 2.24) is 0 Å². The summed E-state index contributed by atoms with van der Waals surface area (Å²) in [5.41, 5.74) is 1.69. The lowest BCUT2D eigenvalue weighted by Crippen LogP contribution is -2.09. The zero-order chi connectivity index (χ0) is 21.4. The van der Waals surface area contributed by atoms with E-state index in [0.717, 1.165) is 6.07 Å². The number of Topliss-reactive ketones (excluding diaryl/α,β-unsaturated/α-hetero) is 1.